The quantitative estimate of drug-likeness (QED) is 0.442. The van der Waals surface area contributed by atoms with Crippen LogP contribution >= 0.6 is 0 Å². The Morgan fingerprint density at radius 3 is 2.26 bits per heavy atom. The van der Waals surface area contributed by atoms with Crippen LogP contribution in [-0.2, 0) is 17.5 Å². The SMILES string of the molecule is CC(=O)C1=NCc2cc(-c3cccc(NC(=O)Nc4ccc(N5CCN(C)CC5)c(C(F)(F)F)c4)c3)ccc21. The van der Waals surface area contributed by atoms with Gasteiger partial charge in [0.05, 0.1) is 12.1 Å². The molecule has 5 rings (SSSR count). The largest absolute Gasteiger partial charge is 0.418 e. The van der Waals surface area contributed by atoms with Crippen molar-refractivity contribution in [2.45, 2.75) is 19.6 Å². The van der Waals surface area contributed by atoms with Gasteiger partial charge in [0.1, 0.15) is 5.71 Å². The third-order valence-corrected chi connectivity index (χ3v) is 6.96. The van der Waals surface area contributed by atoms with E-state index in [0.717, 1.165) is 28.3 Å². The van der Waals surface area contributed by atoms with E-state index in [0.29, 0.717) is 44.1 Å². The minimum absolute atomic E-state index is 0.0498. The average molecular weight is 536 g/mol. The van der Waals surface area contributed by atoms with Gasteiger partial charge in [-0.15, -0.1) is 0 Å². The molecular formula is C29H28F3N5O2. The maximum atomic E-state index is 13.9. The topological polar surface area (TPSA) is 77.0 Å². The van der Waals surface area contributed by atoms with E-state index in [-0.39, 0.29) is 17.2 Å². The molecule has 0 radical (unpaired) electrons. The number of benzene rings is 3. The van der Waals surface area contributed by atoms with Gasteiger partial charge in [-0.2, -0.15) is 13.2 Å². The highest BCUT2D eigenvalue weighted by Crippen LogP contribution is 2.38. The van der Waals surface area contributed by atoms with E-state index >= 15 is 0 Å². The molecule has 0 bridgehead atoms. The second-order valence-corrected chi connectivity index (χ2v) is 9.77. The fourth-order valence-corrected chi connectivity index (χ4v) is 4.92. The molecule has 0 saturated carbocycles. The summed E-state index contributed by atoms with van der Waals surface area (Å²) in [5.41, 5.74) is 3.87. The molecule has 7 nitrogen and oxygen atoms in total. The number of aliphatic imine (C=N–C) groups is 1. The first-order chi connectivity index (χ1) is 18.6. The Hall–Kier alpha value is -4.18. The lowest BCUT2D eigenvalue weighted by molar-refractivity contribution is -0.137. The zero-order chi connectivity index (χ0) is 27.7. The number of hydrogen-bond acceptors (Lipinski definition) is 5. The first-order valence-electron chi connectivity index (χ1n) is 12.6. The minimum atomic E-state index is -4.56. The van der Waals surface area contributed by atoms with Crippen LogP contribution in [0.5, 0.6) is 0 Å². The molecule has 1 saturated heterocycles. The lowest BCUT2D eigenvalue weighted by atomic mass is 9.97. The number of halogens is 3. The molecule has 0 aliphatic carbocycles. The van der Waals surface area contributed by atoms with E-state index in [9.17, 15) is 22.8 Å². The van der Waals surface area contributed by atoms with E-state index in [1.807, 2.05) is 31.3 Å². The molecule has 2 N–H and O–H groups in total. The summed E-state index contributed by atoms with van der Waals surface area (Å²) in [7, 11) is 1.94. The van der Waals surface area contributed by atoms with Crippen molar-refractivity contribution in [1.82, 2.24) is 4.90 Å². The van der Waals surface area contributed by atoms with Crippen molar-refractivity contribution in [2.75, 3.05) is 48.8 Å². The molecule has 202 valence electrons. The number of alkyl halides is 3. The summed E-state index contributed by atoms with van der Waals surface area (Å²) in [5, 5.41) is 5.23. The Balaban J connectivity index is 1.30. The van der Waals surface area contributed by atoms with Gasteiger partial charge in [0, 0.05) is 55.7 Å². The Morgan fingerprint density at radius 1 is 0.872 bits per heavy atom. The fourth-order valence-electron chi connectivity index (χ4n) is 4.92. The number of anilines is 3. The molecule has 39 heavy (non-hydrogen) atoms. The monoisotopic (exact) mass is 535 g/mol. The van der Waals surface area contributed by atoms with Crippen LogP contribution in [0.3, 0.4) is 0 Å². The molecular weight excluding hydrogens is 507 g/mol. The van der Waals surface area contributed by atoms with Gasteiger partial charge in [0.15, 0.2) is 5.78 Å². The Morgan fingerprint density at radius 2 is 1.56 bits per heavy atom. The van der Waals surface area contributed by atoms with Gasteiger partial charge in [0.25, 0.3) is 0 Å². The number of fused-ring (bicyclic) bond motifs is 1. The number of carbonyl (C=O) groups is 2. The lowest BCUT2D eigenvalue weighted by Gasteiger charge is -2.35. The molecule has 0 spiro atoms. The Labute approximate surface area is 224 Å². The van der Waals surface area contributed by atoms with Crippen molar-refractivity contribution in [3.63, 3.8) is 0 Å². The number of rotatable bonds is 5. The fraction of sp³-hybridized carbons (Fsp3) is 0.276. The zero-order valence-electron chi connectivity index (χ0n) is 21.6. The van der Waals surface area contributed by atoms with Crippen molar-refractivity contribution in [2.24, 2.45) is 4.99 Å². The van der Waals surface area contributed by atoms with Crippen LogP contribution in [0.1, 0.15) is 23.6 Å². The van der Waals surface area contributed by atoms with Crippen LogP contribution < -0.4 is 15.5 Å². The number of nitrogens with zero attached hydrogens (tertiary/aromatic N) is 3. The highest BCUT2D eigenvalue weighted by Gasteiger charge is 2.36. The van der Waals surface area contributed by atoms with E-state index < -0.39 is 17.8 Å². The molecule has 2 heterocycles. The molecule has 3 aromatic carbocycles. The number of urea groups is 1. The smallest absolute Gasteiger partial charge is 0.368 e. The number of nitrogens with one attached hydrogen (secondary N) is 2. The van der Waals surface area contributed by atoms with Crippen LogP contribution in [0, 0.1) is 0 Å². The van der Waals surface area contributed by atoms with E-state index in [2.05, 4.69) is 20.5 Å². The number of likely N-dealkylation sites (N-methyl/N-ethyl adjacent to an activating group) is 1. The molecule has 3 aromatic rings. The second kappa shape index (κ2) is 10.5. The van der Waals surface area contributed by atoms with E-state index in [4.69, 9.17) is 0 Å². The molecule has 0 atom stereocenters. The molecule has 1 fully saturated rings. The molecule has 2 amide bonds. The van der Waals surface area contributed by atoms with Gasteiger partial charge < -0.3 is 20.4 Å². The van der Waals surface area contributed by atoms with Crippen LogP contribution in [0.2, 0.25) is 0 Å². The summed E-state index contributed by atoms with van der Waals surface area (Å²) in [6.07, 6.45) is -4.56. The van der Waals surface area contributed by atoms with Crippen LogP contribution in [0.4, 0.5) is 35.0 Å². The summed E-state index contributed by atoms with van der Waals surface area (Å²) in [4.78, 5) is 32.6. The maximum absolute atomic E-state index is 13.9. The van der Waals surface area contributed by atoms with Gasteiger partial charge >= 0.3 is 12.2 Å². The summed E-state index contributed by atoms with van der Waals surface area (Å²) in [6, 6.07) is 16.1. The van der Waals surface area contributed by atoms with Gasteiger partial charge in [-0.1, -0.05) is 24.3 Å². The molecule has 0 unspecified atom stereocenters. The van der Waals surface area contributed by atoms with Crippen molar-refractivity contribution in [1.29, 1.82) is 0 Å². The first kappa shape index (κ1) is 26.4. The summed E-state index contributed by atoms with van der Waals surface area (Å²) in [5.74, 6) is -0.0740. The third kappa shape index (κ3) is 5.80. The van der Waals surface area contributed by atoms with Crippen molar-refractivity contribution in [3.05, 3.63) is 77.4 Å². The van der Waals surface area contributed by atoms with Gasteiger partial charge in [-0.3, -0.25) is 9.79 Å². The number of Topliss-reactive ketones (excluding diaryl/α,β-unsaturated/α-hetero) is 1. The van der Waals surface area contributed by atoms with E-state index in [1.54, 1.807) is 23.1 Å². The number of amides is 2. The van der Waals surface area contributed by atoms with Crippen molar-refractivity contribution in [3.8, 4) is 11.1 Å². The third-order valence-electron chi connectivity index (χ3n) is 6.96. The molecule has 2 aliphatic heterocycles. The number of hydrogen-bond donors (Lipinski definition) is 2. The van der Waals surface area contributed by atoms with E-state index in [1.165, 1.54) is 19.1 Å². The normalized spacial score (nSPS) is 15.5. The highest BCUT2D eigenvalue weighted by molar-refractivity contribution is 6.46. The number of carbonyl (C=O) groups excluding carboxylic acids is 2. The predicted octanol–water partition coefficient (Wildman–Crippen LogP) is 5.66. The lowest BCUT2D eigenvalue weighted by Crippen LogP contribution is -2.45. The predicted molar refractivity (Wildman–Crippen MR) is 147 cm³/mol. The highest BCUT2D eigenvalue weighted by atomic mass is 19.4. The van der Waals surface area contributed by atoms with Gasteiger partial charge in [-0.25, -0.2) is 4.79 Å². The van der Waals surface area contributed by atoms with Gasteiger partial charge in [-0.05, 0) is 60.1 Å². The summed E-state index contributed by atoms with van der Waals surface area (Å²) in [6.45, 7) is 4.28. The minimum Gasteiger partial charge on any atom is -0.368 e. The summed E-state index contributed by atoms with van der Waals surface area (Å²) >= 11 is 0. The van der Waals surface area contributed by atoms with Crippen LogP contribution in [0.25, 0.3) is 11.1 Å². The number of piperazine rings is 1. The Kier molecular flexibility index (Phi) is 7.14. The van der Waals surface area contributed by atoms with Crippen LogP contribution in [-0.4, -0.2) is 55.7 Å². The number of ketones is 1. The summed E-state index contributed by atoms with van der Waals surface area (Å²) < 4.78 is 41.7. The van der Waals surface area contributed by atoms with Crippen molar-refractivity contribution >= 4 is 34.6 Å². The molecule has 0 aromatic heterocycles. The average Bonchev–Trinajstić information content (AvgIpc) is 3.33. The van der Waals surface area contributed by atoms with Gasteiger partial charge in [0.2, 0.25) is 0 Å². The maximum Gasteiger partial charge on any atom is 0.418 e. The standard InChI is InChI=1S/C29H28F3N5O2/c1-18(38)27-24-8-6-20(14-21(24)17-33-27)19-4-3-5-22(15-19)34-28(39)35-23-7-9-26(25(16-23)29(30,31)32)37-12-10-36(2)11-13-37/h3-9,14-16H,10-13,17H2,1-2H3,(H2,34,35,39). The second-order valence-electron chi connectivity index (χ2n) is 9.77. The zero-order valence-corrected chi connectivity index (χ0v) is 21.6. The van der Waals surface area contributed by atoms with Crippen molar-refractivity contribution < 1.29 is 22.8 Å². The molecule has 2 aliphatic rings. The van der Waals surface area contributed by atoms with Crippen LogP contribution in [0.15, 0.2) is 65.7 Å². The first-order valence-corrected chi connectivity index (χ1v) is 12.6. The molecule has 10 heteroatoms. The Bertz CT molecular complexity index is 1460.